The van der Waals surface area contributed by atoms with Crippen molar-refractivity contribution in [3.05, 3.63) is 40.6 Å². The average molecular weight is 199 g/mol. The molecule has 0 aliphatic heterocycles. The number of pyridine rings is 1. The zero-order valence-corrected chi connectivity index (χ0v) is 9.16. The molecule has 2 rings (SSSR count). The molecule has 2 heteroatoms. The quantitative estimate of drug-likeness (QED) is 0.661. The number of rotatable bonds is 1. The first kappa shape index (κ1) is 9.84. The van der Waals surface area contributed by atoms with Crippen LogP contribution in [-0.4, -0.2) is 11.3 Å². The molecule has 0 bridgehead atoms. The van der Waals surface area contributed by atoms with Gasteiger partial charge in [0.15, 0.2) is 6.29 Å². The number of nitrogens with zero attached hydrogens (tertiary/aromatic N) is 1. The topological polar surface area (TPSA) is 30.0 Å². The molecule has 0 fully saturated rings. The van der Waals surface area contributed by atoms with Crippen molar-refractivity contribution in [2.24, 2.45) is 0 Å². The number of benzene rings is 1. The molecule has 2 nitrogen and oxygen atoms in total. The summed E-state index contributed by atoms with van der Waals surface area (Å²) in [5.74, 6) is 0. The van der Waals surface area contributed by atoms with Gasteiger partial charge >= 0.3 is 0 Å². The van der Waals surface area contributed by atoms with Crippen molar-refractivity contribution < 1.29 is 4.79 Å². The average Bonchev–Trinajstić information content (AvgIpc) is 2.27. The van der Waals surface area contributed by atoms with Crippen LogP contribution in [0.2, 0.25) is 0 Å². The van der Waals surface area contributed by atoms with Crippen molar-refractivity contribution in [3.63, 3.8) is 0 Å². The zero-order valence-electron chi connectivity index (χ0n) is 9.16. The Kier molecular flexibility index (Phi) is 2.27. The highest BCUT2D eigenvalue weighted by Crippen LogP contribution is 2.26. The number of carbonyl (C=O) groups is 1. The summed E-state index contributed by atoms with van der Waals surface area (Å²) in [6, 6.07) is 3.97. The van der Waals surface area contributed by atoms with Crippen LogP contribution in [0.3, 0.4) is 0 Å². The van der Waals surface area contributed by atoms with E-state index in [2.05, 4.69) is 4.98 Å². The third kappa shape index (κ3) is 1.33. The molecule has 76 valence electrons. The molecule has 0 aliphatic carbocycles. The summed E-state index contributed by atoms with van der Waals surface area (Å²) < 4.78 is 0. The van der Waals surface area contributed by atoms with Crippen molar-refractivity contribution in [1.29, 1.82) is 0 Å². The first-order valence-corrected chi connectivity index (χ1v) is 4.96. The highest BCUT2D eigenvalue weighted by molar-refractivity contribution is 5.94. The summed E-state index contributed by atoms with van der Waals surface area (Å²) in [7, 11) is 0. The maximum atomic E-state index is 11.0. The van der Waals surface area contributed by atoms with Gasteiger partial charge in [-0.2, -0.15) is 0 Å². The summed E-state index contributed by atoms with van der Waals surface area (Å²) >= 11 is 0. The summed E-state index contributed by atoms with van der Waals surface area (Å²) in [5, 5.41) is 1.14. The summed E-state index contributed by atoms with van der Waals surface area (Å²) in [5.41, 5.74) is 4.89. The van der Waals surface area contributed by atoms with Crippen molar-refractivity contribution in [1.82, 2.24) is 4.98 Å². The Balaban J connectivity index is 3.02. The van der Waals surface area contributed by atoms with Gasteiger partial charge in [-0.15, -0.1) is 0 Å². The number of carbonyl (C=O) groups excluding carboxylic acids is 1. The van der Waals surface area contributed by atoms with Gasteiger partial charge in [0, 0.05) is 17.1 Å². The second-order valence-electron chi connectivity index (χ2n) is 3.81. The third-order valence-electron chi connectivity index (χ3n) is 3.06. The minimum absolute atomic E-state index is 0.777. The van der Waals surface area contributed by atoms with E-state index in [1.807, 2.05) is 32.9 Å². The van der Waals surface area contributed by atoms with Gasteiger partial charge in [-0.05, 0) is 43.5 Å². The molecule has 0 N–H and O–H groups in total. The van der Waals surface area contributed by atoms with Gasteiger partial charge in [0.25, 0.3) is 0 Å². The fourth-order valence-corrected chi connectivity index (χ4v) is 2.00. The molecule has 0 radical (unpaired) electrons. The minimum Gasteiger partial charge on any atom is -0.298 e. The maximum Gasteiger partial charge on any atom is 0.150 e. The van der Waals surface area contributed by atoms with Crippen LogP contribution in [0.4, 0.5) is 0 Å². The minimum atomic E-state index is 0.777. The Morgan fingerprint density at radius 2 is 1.87 bits per heavy atom. The number of aryl methyl sites for hydroxylation is 2. The number of hydrogen-bond acceptors (Lipinski definition) is 2. The van der Waals surface area contributed by atoms with E-state index in [0.717, 1.165) is 39.4 Å². The molecule has 0 saturated carbocycles. The van der Waals surface area contributed by atoms with Crippen LogP contribution in [0, 0.1) is 20.8 Å². The van der Waals surface area contributed by atoms with E-state index >= 15 is 0 Å². The lowest BCUT2D eigenvalue weighted by molar-refractivity contribution is 0.112. The van der Waals surface area contributed by atoms with Crippen LogP contribution in [0.25, 0.3) is 10.9 Å². The van der Waals surface area contributed by atoms with Crippen molar-refractivity contribution in [3.8, 4) is 0 Å². The number of aldehydes is 1. The lowest BCUT2D eigenvalue weighted by Gasteiger charge is -2.11. The van der Waals surface area contributed by atoms with Crippen LogP contribution in [0.15, 0.2) is 18.3 Å². The molecule has 1 aromatic heterocycles. The largest absolute Gasteiger partial charge is 0.298 e. The first-order chi connectivity index (χ1) is 7.16. The van der Waals surface area contributed by atoms with E-state index < -0.39 is 0 Å². The normalized spacial score (nSPS) is 10.6. The van der Waals surface area contributed by atoms with Gasteiger partial charge in [0.05, 0.1) is 5.52 Å². The fraction of sp³-hybridized carbons (Fsp3) is 0.231. The lowest BCUT2D eigenvalue weighted by Crippen LogP contribution is -1.98. The van der Waals surface area contributed by atoms with E-state index in [1.165, 1.54) is 0 Å². The Morgan fingerprint density at radius 1 is 1.13 bits per heavy atom. The SMILES string of the molecule is Cc1c(C=O)c(C)c2ncccc2c1C. The highest BCUT2D eigenvalue weighted by atomic mass is 16.1. The molecule has 0 atom stereocenters. The van der Waals surface area contributed by atoms with Gasteiger partial charge in [-0.1, -0.05) is 6.07 Å². The van der Waals surface area contributed by atoms with Gasteiger partial charge in [-0.3, -0.25) is 9.78 Å². The molecule has 15 heavy (non-hydrogen) atoms. The van der Waals surface area contributed by atoms with Gasteiger partial charge in [0.2, 0.25) is 0 Å². The first-order valence-electron chi connectivity index (χ1n) is 4.96. The van der Waals surface area contributed by atoms with E-state index in [4.69, 9.17) is 0 Å². The monoisotopic (exact) mass is 199 g/mol. The number of hydrogen-bond donors (Lipinski definition) is 0. The predicted molar refractivity (Wildman–Crippen MR) is 61.3 cm³/mol. The molecule has 0 spiro atoms. The molecule has 1 aromatic carbocycles. The third-order valence-corrected chi connectivity index (χ3v) is 3.06. The van der Waals surface area contributed by atoms with Gasteiger partial charge in [0.1, 0.15) is 0 Å². The Labute approximate surface area is 89.0 Å². The molecular weight excluding hydrogens is 186 g/mol. The van der Waals surface area contributed by atoms with Crippen LogP contribution in [-0.2, 0) is 0 Å². The summed E-state index contributed by atoms with van der Waals surface area (Å²) in [6.07, 6.45) is 2.68. The van der Waals surface area contributed by atoms with E-state index in [1.54, 1.807) is 6.20 Å². The van der Waals surface area contributed by atoms with Crippen LogP contribution >= 0.6 is 0 Å². The molecular formula is C13H13NO. The maximum absolute atomic E-state index is 11.0. The Bertz CT molecular complexity index is 544. The predicted octanol–water partition coefficient (Wildman–Crippen LogP) is 2.97. The van der Waals surface area contributed by atoms with Crippen molar-refractivity contribution >= 4 is 17.2 Å². The molecule has 2 aromatic rings. The smallest absolute Gasteiger partial charge is 0.150 e. The molecule has 0 unspecified atom stereocenters. The lowest BCUT2D eigenvalue weighted by atomic mass is 9.94. The van der Waals surface area contributed by atoms with Crippen molar-refractivity contribution in [2.75, 3.05) is 0 Å². The second-order valence-corrected chi connectivity index (χ2v) is 3.81. The summed E-state index contributed by atoms with van der Waals surface area (Å²) in [4.78, 5) is 15.3. The van der Waals surface area contributed by atoms with Gasteiger partial charge < -0.3 is 0 Å². The second kappa shape index (κ2) is 3.46. The number of aromatic nitrogens is 1. The molecule has 0 saturated heterocycles. The Hall–Kier alpha value is -1.70. The fourth-order valence-electron chi connectivity index (χ4n) is 2.00. The molecule has 0 aliphatic rings. The molecule has 0 amide bonds. The van der Waals surface area contributed by atoms with E-state index in [-0.39, 0.29) is 0 Å². The standard InChI is InChI=1S/C13H13NO/c1-8-9(2)12(7-15)10(3)13-11(8)5-4-6-14-13/h4-7H,1-3H3. The zero-order chi connectivity index (χ0) is 11.0. The van der Waals surface area contributed by atoms with E-state index in [9.17, 15) is 4.79 Å². The van der Waals surface area contributed by atoms with Crippen LogP contribution < -0.4 is 0 Å². The van der Waals surface area contributed by atoms with Crippen LogP contribution in [0.5, 0.6) is 0 Å². The summed E-state index contributed by atoms with van der Waals surface area (Å²) in [6.45, 7) is 5.97. The van der Waals surface area contributed by atoms with Gasteiger partial charge in [-0.25, -0.2) is 0 Å². The molecule has 1 heterocycles. The number of fused-ring (bicyclic) bond motifs is 1. The highest BCUT2D eigenvalue weighted by Gasteiger charge is 2.11. The van der Waals surface area contributed by atoms with Crippen molar-refractivity contribution in [2.45, 2.75) is 20.8 Å². The van der Waals surface area contributed by atoms with Crippen LogP contribution in [0.1, 0.15) is 27.0 Å². The Morgan fingerprint density at radius 3 is 2.53 bits per heavy atom. The van der Waals surface area contributed by atoms with E-state index in [0.29, 0.717) is 0 Å².